The third-order valence-corrected chi connectivity index (χ3v) is 14.0. The summed E-state index contributed by atoms with van der Waals surface area (Å²) in [6, 6.07) is 0. The minimum absolute atomic E-state index is 0.0789. The molecule has 0 aromatic carbocycles. The van der Waals surface area contributed by atoms with Crippen molar-refractivity contribution in [2.24, 2.45) is 0 Å². The molecule has 0 saturated carbocycles. The molecule has 0 amide bonds. The lowest BCUT2D eigenvalue weighted by molar-refractivity contribution is -0.870. The number of unbranched alkanes of at least 4 members (excludes halogenated alkanes) is 28. The lowest BCUT2D eigenvalue weighted by Gasteiger charge is -2.24. The molecule has 0 aliphatic heterocycles. The predicted octanol–water partition coefficient (Wildman–Crippen LogP) is 19.5. The van der Waals surface area contributed by atoms with Crippen molar-refractivity contribution in [1.29, 1.82) is 0 Å². The SMILES string of the molecule is CC/C=C\C/C=C\C/C=C\C/C=C\C/C=C\C/C=C\C/C=C\CCCCCC(=O)OC(COCCCCCCCCCCCCCCCCCCCCCCCCCCCC)COP(=O)(O)OCC[N+](C)(C)C. The van der Waals surface area contributed by atoms with Crippen LogP contribution >= 0.6 is 7.82 Å². The number of esters is 1. The summed E-state index contributed by atoms with van der Waals surface area (Å²) in [7, 11) is 1.64. The summed E-state index contributed by atoms with van der Waals surface area (Å²) in [5.74, 6) is -0.343. The fourth-order valence-electron chi connectivity index (χ4n) is 8.36. The van der Waals surface area contributed by atoms with Crippen LogP contribution in [0.4, 0.5) is 0 Å². The normalized spacial score (nSPS) is 14.0. The van der Waals surface area contributed by atoms with Crippen LogP contribution in [0.3, 0.4) is 0 Å². The highest BCUT2D eigenvalue weighted by atomic mass is 31.2. The van der Waals surface area contributed by atoms with Gasteiger partial charge in [-0.1, -0.05) is 266 Å². The number of rotatable bonds is 56. The van der Waals surface area contributed by atoms with Gasteiger partial charge < -0.3 is 18.9 Å². The highest BCUT2D eigenvalue weighted by Gasteiger charge is 2.26. The Morgan fingerprint density at radius 2 is 0.795 bits per heavy atom. The number of phosphoric ester groups is 1. The molecule has 0 spiro atoms. The Labute approximate surface area is 452 Å². The van der Waals surface area contributed by atoms with E-state index in [0.29, 0.717) is 17.6 Å². The number of likely N-dealkylation sites (N-methyl/N-ethyl adjacent to an activating group) is 1. The standard InChI is InChI=1S/C64H116NO7P/c1-6-8-10-12-14-16-18-20-22-24-26-28-30-32-34-36-38-40-42-44-46-48-50-52-54-56-59-69-61-63(62-71-73(67,68)70-60-58-65(3,4)5)72-64(66)57-55-53-51-49-47-45-43-41-39-37-35-33-31-29-27-25-23-21-19-17-15-13-11-9-7-2/h9,11,15,17,21,23,27,29,33,35,39,41,45,47,63H,6-8,10,12-14,16,18-20,22,24-26,28,30-32,34,36-38,40,42-44,46,48-62H2,1-5H3/p+1/b11-9-,17-15-,23-21-,29-27-,35-33-,41-39-,47-45-. The second-order valence-electron chi connectivity index (χ2n) is 21.4. The number of hydrogen-bond donors (Lipinski definition) is 1. The third kappa shape index (κ3) is 60.4. The van der Waals surface area contributed by atoms with Crippen molar-refractivity contribution in [3.8, 4) is 0 Å². The molecule has 0 rings (SSSR count). The van der Waals surface area contributed by atoms with Gasteiger partial charge in [0.05, 0.1) is 34.4 Å². The first-order chi connectivity index (χ1) is 35.6. The Morgan fingerprint density at radius 1 is 0.438 bits per heavy atom. The Kier molecular flexibility index (Phi) is 54.1. The van der Waals surface area contributed by atoms with Crippen LogP contribution < -0.4 is 0 Å². The third-order valence-electron chi connectivity index (χ3n) is 13.0. The van der Waals surface area contributed by atoms with Crippen molar-refractivity contribution in [2.45, 2.75) is 264 Å². The molecule has 0 aromatic heterocycles. The molecule has 2 unspecified atom stereocenters. The average molecular weight is 1040 g/mol. The van der Waals surface area contributed by atoms with E-state index in [0.717, 1.165) is 83.5 Å². The molecule has 0 heterocycles. The highest BCUT2D eigenvalue weighted by Crippen LogP contribution is 2.43. The Morgan fingerprint density at radius 3 is 1.18 bits per heavy atom. The zero-order valence-corrected chi connectivity index (χ0v) is 49.3. The molecule has 0 aromatic rings. The molecule has 73 heavy (non-hydrogen) atoms. The molecule has 0 aliphatic carbocycles. The first-order valence-electron chi connectivity index (χ1n) is 30.3. The van der Waals surface area contributed by atoms with Gasteiger partial charge in [0.1, 0.15) is 19.3 Å². The van der Waals surface area contributed by atoms with Crippen molar-refractivity contribution < 1.29 is 37.3 Å². The summed E-state index contributed by atoms with van der Waals surface area (Å²) in [6.45, 7) is 5.49. The molecule has 0 aliphatic rings. The molecular weight excluding hydrogens is 926 g/mol. The fraction of sp³-hybridized carbons (Fsp3) is 0.766. The number of allylic oxidation sites excluding steroid dienone is 14. The van der Waals surface area contributed by atoms with E-state index in [1.54, 1.807) is 0 Å². The number of phosphoric acid groups is 1. The van der Waals surface area contributed by atoms with Gasteiger partial charge >= 0.3 is 13.8 Å². The molecule has 8 nitrogen and oxygen atoms in total. The summed E-state index contributed by atoms with van der Waals surface area (Å²) in [6.07, 6.45) is 76.7. The van der Waals surface area contributed by atoms with Gasteiger partial charge in [-0.25, -0.2) is 4.57 Å². The number of ether oxygens (including phenoxy) is 2. The van der Waals surface area contributed by atoms with Gasteiger partial charge in [0.15, 0.2) is 0 Å². The molecule has 0 saturated heterocycles. The van der Waals surface area contributed by atoms with Crippen LogP contribution in [0.25, 0.3) is 0 Å². The summed E-state index contributed by atoms with van der Waals surface area (Å²) in [5.41, 5.74) is 0. The zero-order chi connectivity index (χ0) is 53.3. The second kappa shape index (κ2) is 55.9. The van der Waals surface area contributed by atoms with E-state index in [1.807, 2.05) is 21.1 Å². The van der Waals surface area contributed by atoms with E-state index >= 15 is 0 Å². The van der Waals surface area contributed by atoms with Crippen LogP contribution in [0.5, 0.6) is 0 Å². The summed E-state index contributed by atoms with van der Waals surface area (Å²) < 4.78 is 35.3. The molecular formula is C64H117NO7P+. The van der Waals surface area contributed by atoms with Crippen LogP contribution in [0.15, 0.2) is 85.1 Å². The van der Waals surface area contributed by atoms with Gasteiger partial charge in [0, 0.05) is 13.0 Å². The van der Waals surface area contributed by atoms with Gasteiger partial charge in [0.2, 0.25) is 0 Å². The lowest BCUT2D eigenvalue weighted by atomic mass is 10.0. The van der Waals surface area contributed by atoms with E-state index in [4.69, 9.17) is 18.5 Å². The van der Waals surface area contributed by atoms with Crippen LogP contribution in [-0.2, 0) is 27.9 Å². The maximum Gasteiger partial charge on any atom is 0.472 e. The predicted molar refractivity (Wildman–Crippen MR) is 316 cm³/mol. The van der Waals surface area contributed by atoms with Gasteiger partial charge in [-0.2, -0.15) is 0 Å². The molecule has 424 valence electrons. The van der Waals surface area contributed by atoms with Gasteiger partial charge in [-0.05, 0) is 70.6 Å². The van der Waals surface area contributed by atoms with E-state index < -0.39 is 13.9 Å². The van der Waals surface area contributed by atoms with Crippen molar-refractivity contribution in [3.05, 3.63) is 85.1 Å². The maximum absolute atomic E-state index is 12.8. The number of carbonyl (C=O) groups is 1. The molecule has 2 atom stereocenters. The number of hydrogen-bond acceptors (Lipinski definition) is 6. The summed E-state index contributed by atoms with van der Waals surface area (Å²) >= 11 is 0. The van der Waals surface area contributed by atoms with Gasteiger partial charge in [0.25, 0.3) is 0 Å². The zero-order valence-electron chi connectivity index (χ0n) is 48.4. The van der Waals surface area contributed by atoms with Gasteiger partial charge in [-0.15, -0.1) is 0 Å². The fourth-order valence-corrected chi connectivity index (χ4v) is 9.10. The maximum atomic E-state index is 12.8. The van der Waals surface area contributed by atoms with E-state index in [2.05, 4.69) is 98.9 Å². The van der Waals surface area contributed by atoms with E-state index in [-0.39, 0.29) is 32.2 Å². The molecule has 0 bridgehead atoms. The minimum Gasteiger partial charge on any atom is -0.457 e. The number of nitrogens with zero attached hydrogens (tertiary/aromatic N) is 1. The summed E-state index contributed by atoms with van der Waals surface area (Å²) in [5, 5.41) is 0. The quantitative estimate of drug-likeness (QED) is 0.0213. The van der Waals surface area contributed by atoms with Crippen molar-refractivity contribution in [3.63, 3.8) is 0 Å². The largest absolute Gasteiger partial charge is 0.472 e. The Balaban J connectivity index is 4.11. The molecule has 0 fully saturated rings. The minimum atomic E-state index is -4.30. The Hall–Kier alpha value is -2.32. The molecule has 9 heteroatoms. The van der Waals surface area contributed by atoms with Crippen LogP contribution in [0.2, 0.25) is 0 Å². The van der Waals surface area contributed by atoms with E-state index in [9.17, 15) is 14.3 Å². The van der Waals surface area contributed by atoms with Crippen molar-refractivity contribution >= 4 is 13.8 Å². The average Bonchev–Trinajstić information content (AvgIpc) is 3.35. The van der Waals surface area contributed by atoms with Gasteiger partial charge in [-0.3, -0.25) is 13.8 Å². The van der Waals surface area contributed by atoms with Crippen LogP contribution in [-0.4, -0.2) is 75.6 Å². The number of carbonyl (C=O) groups excluding carboxylic acids is 1. The number of quaternary nitrogens is 1. The topological polar surface area (TPSA) is 91.3 Å². The smallest absolute Gasteiger partial charge is 0.457 e. The monoisotopic (exact) mass is 1040 g/mol. The second-order valence-corrected chi connectivity index (χ2v) is 22.8. The highest BCUT2D eigenvalue weighted by molar-refractivity contribution is 7.47. The Bertz CT molecular complexity index is 1440. The summed E-state index contributed by atoms with van der Waals surface area (Å²) in [4.78, 5) is 23.1. The van der Waals surface area contributed by atoms with Crippen LogP contribution in [0, 0.1) is 0 Å². The van der Waals surface area contributed by atoms with Crippen molar-refractivity contribution in [2.75, 3.05) is 54.1 Å². The van der Waals surface area contributed by atoms with Crippen molar-refractivity contribution in [1.82, 2.24) is 0 Å². The molecule has 0 radical (unpaired) electrons. The lowest BCUT2D eigenvalue weighted by Crippen LogP contribution is -2.37. The van der Waals surface area contributed by atoms with E-state index in [1.165, 1.54) is 154 Å². The molecule has 1 N–H and O–H groups in total. The first-order valence-corrected chi connectivity index (χ1v) is 31.8. The van der Waals surface area contributed by atoms with Crippen LogP contribution in [0.1, 0.15) is 258 Å². The first kappa shape index (κ1) is 70.7.